The van der Waals surface area contributed by atoms with Crippen LogP contribution >= 0.6 is 0 Å². The molecule has 1 N–H and O–H groups in total. The third-order valence-corrected chi connectivity index (χ3v) is 2.12. The molecule has 2 rings (SSSR count). The van der Waals surface area contributed by atoms with E-state index < -0.39 is 0 Å². The zero-order valence-corrected chi connectivity index (χ0v) is 7.50. The van der Waals surface area contributed by atoms with Crippen molar-refractivity contribution in [3.8, 4) is 0 Å². The van der Waals surface area contributed by atoms with Gasteiger partial charge in [-0.05, 0) is 12.5 Å². The molecule has 1 amide bonds. The van der Waals surface area contributed by atoms with Gasteiger partial charge in [0.1, 0.15) is 0 Å². The fraction of sp³-hybridized carbons (Fsp3) is 0.182. The molecule has 13 heavy (non-hydrogen) atoms. The third-order valence-electron chi connectivity index (χ3n) is 2.12. The Morgan fingerprint density at radius 2 is 2.15 bits per heavy atom. The van der Waals surface area contributed by atoms with Crippen molar-refractivity contribution in [2.24, 2.45) is 0 Å². The number of hydrogen-bond donors (Lipinski definition) is 1. The zero-order chi connectivity index (χ0) is 9.26. The number of nitrogens with one attached hydrogen (secondary N) is 1. The Labute approximate surface area is 77.3 Å². The predicted molar refractivity (Wildman–Crippen MR) is 53.3 cm³/mol. The first-order chi connectivity index (χ1) is 6.33. The average Bonchev–Trinajstić information content (AvgIpc) is 2.44. The minimum Gasteiger partial charge on any atom is -0.321 e. The first-order valence-corrected chi connectivity index (χ1v) is 4.44. The molecule has 1 heterocycles. The van der Waals surface area contributed by atoms with Crippen LogP contribution in [0.5, 0.6) is 0 Å². The SMILES string of the molecule is CCC=C1C(=O)Nc2ccccc21. The topological polar surface area (TPSA) is 29.1 Å². The molecule has 1 aliphatic heterocycles. The molecular formula is C11H11NO. The number of hydrogen-bond acceptors (Lipinski definition) is 1. The van der Waals surface area contributed by atoms with Crippen LogP contribution in [0.2, 0.25) is 0 Å². The molecule has 0 fully saturated rings. The Kier molecular flexibility index (Phi) is 1.89. The lowest BCUT2D eigenvalue weighted by Crippen LogP contribution is -2.03. The lowest BCUT2D eigenvalue weighted by Gasteiger charge is -1.94. The van der Waals surface area contributed by atoms with Crippen molar-refractivity contribution < 1.29 is 4.79 Å². The van der Waals surface area contributed by atoms with Gasteiger partial charge in [0.15, 0.2) is 0 Å². The molecular weight excluding hydrogens is 162 g/mol. The first kappa shape index (κ1) is 8.05. The van der Waals surface area contributed by atoms with Gasteiger partial charge < -0.3 is 5.32 Å². The van der Waals surface area contributed by atoms with Crippen LogP contribution in [0, 0.1) is 0 Å². The summed E-state index contributed by atoms with van der Waals surface area (Å²) in [5.74, 6) is 0.0167. The second-order valence-corrected chi connectivity index (χ2v) is 3.03. The Bertz CT molecular complexity index is 379. The molecule has 0 saturated heterocycles. The van der Waals surface area contributed by atoms with Crippen molar-refractivity contribution in [2.45, 2.75) is 13.3 Å². The summed E-state index contributed by atoms with van der Waals surface area (Å²) in [4.78, 5) is 11.4. The van der Waals surface area contributed by atoms with E-state index in [1.807, 2.05) is 37.3 Å². The van der Waals surface area contributed by atoms with Gasteiger partial charge in [0.25, 0.3) is 5.91 Å². The van der Waals surface area contributed by atoms with Gasteiger partial charge in [0.2, 0.25) is 0 Å². The number of rotatable bonds is 1. The maximum absolute atomic E-state index is 11.4. The lowest BCUT2D eigenvalue weighted by atomic mass is 10.1. The van der Waals surface area contributed by atoms with Gasteiger partial charge in [-0.3, -0.25) is 4.79 Å². The molecule has 0 aromatic heterocycles. The van der Waals surface area contributed by atoms with Crippen molar-refractivity contribution in [2.75, 3.05) is 5.32 Å². The number of anilines is 1. The number of carbonyl (C=O) groups excluding carboxylic acids is 1. The number of allylic oxidation sites excluding steroid dienone is 1. The highest BCUT2D eigenvalue weighted by atomic mass is 16.1. The fourth-order valence-electron chi connectivity index (χ4n) is 1.55. The lowest BCUT2D eigenvalue weighted by molar-refractivity contribution is -0.110. The zero-order valence-electron chi connectivity index (χ0n) is 7.50. The van der Waals surface area contributed by atoms with Crippen LogP contribution in [0.15, 0.2) is 30.3 Å². The van der Waals surface area contributed by atoms with Gasteiger partial charge in [-0.2, -0.15) is 0 Å². The summed E-state index contributed by atoms with van der Waals surface area (Å²) in [7, 11) is 0. The summed E-state index contributed by atoms with van der Waals surface area (Å²) in [6.07, 6.45) is 2.85. The van der Waals surface area contributed by atoms with Crippen molar-refractivity contribution in [1.29, 1.82) is 0 Å². The van der Waals surface area contributed by atoms with Crippen LogP contribution in [-0.2, 0) is 4.79 Å². The Morgan fingerprint density at radius 1 is 1.38 bits per heavy atom. The van der Waals surface area contributed by atoms with Crippen LogP contribution < -0.4 is 5.32 Å². The summed E-state index contributed by atoms with van der Waals surface area (Å²) in [5, 5.41) is 2.83. The van der Waals surface area contributed by atoms with Gasteiger partial charge in [-0.1, -0.05) is 31.2 Å². The number of amides is 1. The first-order valence-electron chi connectivity index (χ1n) is 4.44. The number of carbonyl (C=O) groups is 1. The van der Waals surface area contributed by atoms with E-state index in [2.05, 4.69) is 5.32 Å². The molecule has 1 aliphatic rings. The average molecular weight is 173 g/mol. The Morgan fingerprint density at radius 3 is 2.92 bits per heavy atom. The van der Waals surface area contributed by atoms with Crippen molar-refractivity contribution in [3.63, 3.8) is 0 Å². The van der Waals surface area contributed by atoms with Gasteiger partial charge >= 0.3 is 0 Å². The number of fused-ring (bicyclic) bond motifs is 1. The highest BCUT2D eigenvalue weighted by molar-refractivity contribution is 6.31. The number of para-hydroxylation sites is 1. The van der Waals surface area contributed by atoms with E-state index in [-0.39, 0.29) is 5.91 Å². The summed E-state index contributed by atoms with van der Waals surface area (Å²) >= 11 is 0. The molecule has 2 nitrogen and oxygen atoms in total. The molecule has 0 aliphatic carbocycles. The fourth-order valence-corrected chi connectivity index (χ4v) is 1.55. The second-order valence-electron chi connectivity index (χ2n) is 3.03. The van der Waals surface area contributed by atoms with E-state index >= 15 is 0 Å². The molecule has 0 radical (unpaired) electrons. The molecule has 2 heteroatoms. The van der Waals surface area contributed by atoms with E-state index in [4.69, 9.17) is 0 Å². The Balaban J connectivity index is 2.53. The van der Waals surface area contributed by atoms with E-state index in [0.29, 0.717) is 0 Å². The van der Waals surface area contributed by atoms with Crippen LogP contribution in [0.25, 0.3) is 5.57 Å². The molecule has 0 spiro atoms. The quantitative estimate of drug-likeness (QED) is 0.649. The summed E-state index contributed by atoms with van der Waals surface area (Å²) in [6, 6.07) is 7.76. The molecule has 0 saturated carbocycles. The molecule has 0 bridgehead atoms. The molecule has 1 aromatic carbocycles. The largest absolute Gasteiger partial charge is 0.321 e. The summed E-state index contributed by atoms with van der Waals surface area (Å²) in [5.41, 5.74) is 2.75. The Hall–Kier alpha value is -1.57. The maximum atomic E-state index is 11.4. The van der Waals surface area contributed by atoms with Crippen molar-refractivity contribution in [3.05, 3.63) is 35.9 Å². The minimum atomic E-state index is 0.0167. The van der Waals surface area contributed by atoms with Crippen LogP contribution in [0.4, 0.5) is 5.69 Å². The van der Waals surface area contributed by atoms with Crippen LogP contribution in [0.3, 0.4) is 0 Å². The van der Waals surface area contributed by atoms with Crippen molar-refractivity contribution >= 4 is 17.2 Å². The van der Waals surface area contributed by atoms with E-state index in [9.17, 15) is 4.79 Å². The van der Waals surface area contributed by atoms with Gasteiger partial charge in [-0.15, -0.1) is 0 Å². The normalized spacial score (nSPS) is 17.3. The molecule has 0 atom stereocenters. The van der Waals surface area contributed by atoms with E-state index in [0.717, 1.165) is 23.2 Å². The smallest absolute Gasteiger partial charge is 0.256 e. The third kappa shape index (κ3) is 1.24. The minimum absolute atomic E-state index is 0.0167. The molecule has 0 unspecified atom stereocenters. The van der Waals surface area contributed by atoms with E-state index in [1.54, 1.807) is 0 Å². The van der Waals surface area contributed by atoms with E-state index in [1.165, 1.54) is 0 Å². The summed E-state index contributed by atoms with van der Waals surface area (Å²) < 4.78 is 0. The van der Waals surface area contributed by atoms with Crippen LogP contribution in [0.1, 0.15) is 18.9 Å². The highest BCUT2D eigenvalue weighted by Crippen LogP contribution is 2.31. The van der Waals surface area contributed by atoms with Crippen molar-refractivity contribution in [1.82, 2.24) is 0 Å². The molecule has 66 valence electrons. The summed E-state index contributed by atoms with van der Waals surface area (Å²) in [6.45, 7) is 2.03. The second kappa shape index (κ2) is 3.05. The maximum Gasteiger partial charge on any atom is 0.256 e. The monoisotopic (exact) mass is 173 g/mol. The van der Waals surface area contributed by atoms with Gasteiger partial charge in [-0.25, -0.2) is 0 Å². The predicted octanol–water partition coefficient (Wildman–Crippen LogP) is 2.43. The standard InChI is InChI=1S/C11H11NO/c1-2-5-9-8-6-3-4-7-10(8)12-11(9)13/h3-7H,2H2,1H3,(H,12,13). The van der Waals surface area contributed by atoms with Gasteiger partial charge in [0, 0.05) is 16.8 Å². The molecule has 1 aromatic rings. The highest BCUT2D eigenvalue weighted by Gasteiger charge is 2.22. The van der Waals surface area contributed by atoms with Crippen LogP contribution in [-0.4, -0.2) is 5.91 Å². The van der Waals surface area contributed by atoms with Gasteiger partial charge in [0.05, 0.1) is 0 Å². The number of benzene rings is 1.